The zero-order chi connectivity index (χ0) is 18.8. The predicted octanol–water partition coefficient (Wildman–Crippen LogP) is 3.90. The molecular formula is C18H22F3IN4O. The number of alkyl halides is 3. The van der Waals surface area contributed by atoms with Crippen LogP contribution in [0.15, 0.2) is 53.7 Å². The monoisotopic (exact) mass is 494 g/mol. The van der Waals surface area contributed by atoms with Crippen molar-refractivity contribution in [3.8, 4) is 5.75 Å². The molecule has 0 atom stereocenters. The van der Waals surface area contributed by atoms with Gasteiger partial charge in [0.05, 0.1) is 12.1 Å². The van der Waals surface area contributed by atoms with Crippen LogP contribution in [0.1, 0.15) is 17.7 Å². The van der Waals surface area contributed by atoms with Gasteiger partial charge in [-0.05, 0) is 29.8 Å². The quantitative estimate of drug-likeness (QED) is 0.349. The minimum absolute atomic E-state index is 0. The third-order valence-corrected chi connectivity index (χ3v) is 3.42. The Labute approximate surface area is 173 Å². The van der Waals surface area contributed by atoms with Crippen LogP contribution in [0.25, 0.3) is 0 Å². The van der Waals surface area contributed by atoms with Gasteiger partial charge in [0.1, 0.15) is 12.4 Å². The topological polar surface area (TPSA) is 58.5 Å². The van der Waals surface area contributed by atoms with Crippen molar-refractivity contribution in [2.24, 2.45) is 4.99 Å². The number of hydrogen-bond donors (Lipinski definition) is 2. The van der Waals surface area contributed by atoms with E-state index in [2.05, 4.69) is 20.6 Å². The Hall–Kier alpha value is -2.04. The molecule has 1 aromatic heterocycles. The number of nitrogens with one attached hydrogen (secondary N) is 2. The van der Waals surface area contributed by atoms with E-state index in [4.69, 9.17) is 4.74 Å². The molecule has 2 aromatic rings. The predicted molar refractivity (Wildman–Crippen MR) is 109 cm³/mol. The summed E-state index contributed by atoms with van der Waals surface area (Å²) in [6, 6.07) is 13.1. The number of hydrogen-bond acceptors (Lipinski definition) is 3. The smallest absolute Gasteiger partial charge is 0.390 e. The number of aliphatic imine (C=N–C) groups is 1. The molecule has 2 rings (SSSR count). The summed E-state index contributed by atoms with van der Waals surface area (Å²) in [5, 5.41) is 5.60. The lowest BCUT2D eigenvalue weighted by molar-refractivity contribution is -0.132. The lowest BCUT2D eigenvalue weighted by atomic mass is 10.2. The van der Waals surface area contributed by atoms with Crippen LogP contribution in [-0.4, -0.2) is 30.7 Å². The zero-order valence-corrected chi connectivity index (χ0v) is 17.1. The largest absolute Gasteiger partial charge is 0.487 e. The molecule has 148 valence electrons. The van der Waals surface area contributed by atoms with E-state index in [1.165, 1.54) is 7.05 Å². The van der Waals surface area contributed by atoms with Crippen LogP contribution < -0.4 is 15.4 Å². The second-order valence-electron chi connectivity index (χ2n) is 5.47. The number of halogens is 4. The molecule has 9 heteroatoms. The second kappa shape index (κ2) is 11.6. The first-order valence-electron chi connectivity index (χ1n) is 8.09. The molecule has 0 aliphatic rings. The van der Waals surface area contributed by atoms with E-state index in [1.54, 1.807) is 6.20 Å². The number of pyridine rings is 1. The Kier molecular flexibility index (Phi) is 9.90. The molecule has 0 bridgehead atoms. The average Bonchev–Trinajstić information content (AvgIpc) is 2.63. The van der Waals surface area contributed by atoms with Crippen LogP contribution in [0.4, 0.5) is 13.2 Å². The molecule has 0 aliphatic carbocycles. The number of benzene rings is 1. The van der Waals surface area contributed by atoms with Crippen molar-refractivity contribution in [3.05, 3.63) is 59.9 Å². The molecule has 0 radical (unpaired) electrons. The Bertz CT molecular complexity index is 694. The van der Waals surface area contributed by atoms with Crippen molar-refractivity contribution in [2.75, 3.05) is 13.6 Å². The summed E-state index contributed by atoms with van der Waals surface area (Å²) >= 11 is 0. The van der Waals surface area contributed by atoms with Crippen LogP contribution in [0.3, 0.4) is 0 Å². The molecule has 1 heterocycles. The number of guanidine groups is 1. The minimum Gasteiger partial charge on any atom is -0.487 e. The number of ether oxygens (including phenoxy) is 1. The highest BCUT2D eigenvalue weighted by molar-refractivity contribution is 14.0. The summed E-state index contributed by atoms with van der Waals surface area (Å²) in [6.07, 6.45) is -3.38. The summed E-state index contributed by atoms with van der Waals surface area (Å²) in [4.78, 5) is 8.08. The fraction of sp³-hybridized carbons (Fsp3) is 0.333. The first-order valence-corrected chi connectivity index (χ1v) is 8.09. The molecule has 0 fully saturated rings. The van der Waals surface area contributed by atoms with Gasteiger partial charge < -0.3 is 15.4 Å². The molecule has 0 spiro atoms. The molecule has 5 nitrogen and oxygen atoms in total. The van der Waals surface area contributed by atoms with Crippen LogP contribution in [0.5, 0.6) is 5.75 Å². The Morgan fingerprint density at radius 2 is 1.85 bits per heavy atom. The van der Waals surface area contributed by atoms with E-state index < -0.39 is 12.6 Å². The Morgan fingerprint density at radius 1 is 1.11 bits per heavy atom. The van der Waals surface area contributed by atoms with E-state index in [9.17, 15) is 13.2 Å². The first kappa shape index (κ1) is 23.0. The third-order valence-electron chi connectivity index (χ3n) is 3.42. The van der Waals surface area contributed by atoms with E-state index in [0.29, 0.717) is 24.9 Å². The van der Waals surface area contributed by atoms with Crippen molar-refractivity contribution in [3.63, 3.8) is 0 Å². The van der Waals surface area contributed by atoms with Gasteiger partial charge in [-0.3, -0.25) is 9.98 Å². The fourth-order valence-corrected chi connectivity index (χ4v) is 2.07. The van der Waals surface area contributed by atoms with Gasteiger partial charge in [-0.2, -0.15) is 13.2 Å². The van der Waals surface area contributed by atoms with Crippen molar-refractivity contribution >= 4 is 29.9 Å². The van der Waals surface area contributed by atoms with Crippen molar-refractivity contribution in [1.29, 1.82) is 0 Å². The van der Waals surface area contributed by atoms with E-state index in [-0.39, 0.29) is 30.5 Å². The summed E-state index contributed by atoms with van der Waals surface area (Å²) in [7, 11) is 1.51. The summed E-state index contributed by atoms with van der Waals surface area (Å²) in [5.41, 5.74) is 1.79. The van der Waals surface area contributed by atoms with Gasteiger partial charge in [0, 0.05) is 26.3 Å². The van der Waals surface area contributed by atoms with Gasteiger partial charge in [-0.25, -0.2) is 0 Å². The standard InChI is InChI=1S/C18H21F3N4O.HI/c1-22-17(24-11-9-18(19,20)21)25-12-14-5-7-16(8-6-14)26-13-15-4-2-3-10-23-15;/h2-8,10H,9,11-13H2,1H3,(H2,22,24,25);1H. The number of nitrogens with zero attached hydrogens (tertiary/aromatic N) is 2. The van der Waals surface area contributed by atoms with Crippen molar-refractivity contribution < 1.29 is 17.9 Å². The lowest BCUT2D eigenvalue weighted by Gasteiger charge is -2.13. The maximum atomic E-state index is 12.2. The SMILES string of the molecule is CN=C(NCCC(F)(F)F)NCc1ccc(OCc2ccccn2)cc1.I. The first-order chi connectivity index (χ1) is 12.5. The maximum Gasteiger partial charge on any atom is 0.390 e. The average molecular weight is 494 g/mol. The molecule has 0 saturated heterocycles. The number of aromatic nitrogens is 1. The summed E-state index contributed by atoms with van der Waals surface area (Å²) in [5.74, 6) is 1.04. The molecule has 0 saturated carbocycles. The van der Waals surface area contributed by atoms with Crippen LogP contribution in [0.2, 0.25) is 0 Å². The number of rotatable bonds is 7. The molecule has 1 aromatic carbocycles. The molecule has 2 N–H and O–H groups in total. The highest BCUT2D eigenvalue weighted by atomic mass is 127. The maximum absolute atomic E-state index is 12.2. The normalized spacial score (nSPS) is 11.5. The van der Waals surface area contributed by atoms with Gasteiger partial charge >= 0.3 is 6.18 Å². The summed E-state index contributed by atoms with van der Waals surface area (Å²) in [6.45, 7) is 0.601. The summed E-state index contributed by atoms with van der Waals surface area (Å²) < 4.78 is 42.1. The van der Waals surface area contributed by atoms with Crippen LogP contribution in [0, 0.1) is 0 Å². The van der Waals surface area contributed by atoms with Gasteiger partial charge in [0.15, 0.2) is 5.96 Å². The zero-order valence-electron chi connectivity index (χ0n) is 14.8. The van der Waals surface area contributed by atoms with E-state index >= 15 is 0 Å². The molecule has 0 unspecified atom stereocenters. The third kappa shape index (κ3) is 9.45. The molecule has 0 aliphatic heterocycles. The lowest BCUT2D eigenvalue weighted by Crippen LogP contribution is -2.38. The van der Waals surface area contributed by atoms with Gasteiger partial charge in [0.2, 0.25) is 0 Å². The van der Waals surface area contributed by atoms with Gasteiger partial charge in [-0.1, -0.05) is 18.2 Å². The highest BCUT2D eigenvalue weighted by Gasteiger charge is 2.26. The Balaban J connectivity index is 0.00000364. The van der Waals surface area contributed by atoms with Crippen molar-refractivity contribution in [1.82, 2.24) is 15.6 Å². The Morgan fingerprint density at radius 3 is 2.44 bits per heavy atom. The van der Waals surface area contributed by atoms with Crippen LogP contribution in [-0.2, 0) is 13.2 Å². The second-order valence-corrected chi connectivity index (χ2v) is 5.47. The van der Waals surface area contributed by atoms with E-state index in [0.717, 1.165) is 11.3 Å². The van der Waals surface area contributed by atoms with Gasteiger partial charge in [-0.15, -0.1) is 24.0 Å². The van der Waals surface area contributed by atoms with Crippen molar-refractivity contribution in [2.45, 2.75) is 25.7 Å². The molecule has 27 heavy (non-hydrogen) atoms. The molecule has 0 amide bonds. The highest BCUT2D eigenvalue weighted by Crippen LogP contribution is 2.18. The molecular weight excluding hydrogens is 472 g/mol. The van der Waals surface area contributed by atoms with E-state index in [1.807, 2.05) is 42.5 Å². The fourth-order valence-electron chi connectivity index (χ4n) is 2.07. The minimum atomic E-state index is -4.18. The van der Waals surface area contributed by atoms with Crippen LogP contribution >= 0.6 is 24.0 Å². The van der Waals surface area contributed by atoms with Gasteiger partial charge in [0.25, 0.3) is 0 Å².